The van der Waals surface area contributed by atoms with Gasteiger partial charge >= 0.3 is 0 Å². The van der Waals surface area contributed by atoms with Crippen molar-refractivity contribution in [2.24, 2.45) is 0 Å². The minimum atomic E-state index is 1.11. The van der Waals surface area contributed by atoms with Crippen LogP contribution in [0.4, 0.5) is 0 Å². The van der Waals surface area contributed by atoms with Crippen LogP contribution in [0.5, 0.6) is 0 Å². The van der Waals surface area contributed by atoms with Gasteiger partial charge in [0.25, 0.3) is 0 Å². The van der Waals surface area contributed by atoms with Crippen LogP contribution in [-0.2, 0) is 0 Å². The lowest BCUT2D eigenvalue weighted by Gasteiger charge is -2.09. The van der Waals surface area contributed by atoms with Crippen molar-refractivity contribution in [1.29, 1.82) is 0 Å². The lowest BCUT2D eigenvalue weighted by molar-refractivity contribution is 0.401. The molecule has 0 aliphatic heterocycles. The molecule has 0 saturated heterocycles. The molecular weight excluding hydrogens is 239 g/mol. The molecule has 0 bridgehead atoms. The van der Waals surface area contributed by atoms with Crippen molar-refractivity contribution < 1.29 is 0 Å². The predicted molar refractivity (Wildman–Crippen MR) is 54.9 cm³/mol. The molecular formula is C7H17IN2. The highest BCUT2D eigenvalue weighted by Crippen LogP contribution is 1.84. The quantitative estimate of drug-likeness (QED) is 0.432. The standard InChI is InChI=1S/C7H17IN2/c1-10(2)7-6-9-5-3-4-8/h9H,3-7H2,1-2H3. The molecule has 0 saturated carbocycles. The summed E-state index contributed by atoms with van der Waals surface area (Å²) in [6.07, 6.45) is 1.29. The molecule has 0 aromatic heterocycles. The third-order valence-electron chi connectivity index (χ3n) is 1.22. The van der Waals surface area contributed by atoms with E-state index >= 15 is 0 Å². The maximum atomic E-state index is 3.37. The Labute approximate surface area is 77.5 Å². The summed E-state index contributed by atoms with van der Waals surface area (Å²) in [6, 6.07) is 0. The monoisotopic (exact) mass is 256 g/mol. The Kier molecular flexibility index (Phi) is 8.26. The van der Waals surface area contributed by atoms with Gasteiger partial charge < -0.3 is 10.2 Å². The van der Waals surface area contributed by atoms with Gasteiger partial charge in [0.2, 0.25) is 0 Å². The van der Waals surface area contributed by atoms with Crippen LogP contribution in [0.2, 0.25) is 0 Å². The molecule has 0 aliphatic rings. The van der Waals surface area contributed by atoms with Crippen molar-refractivity contribution in [3.8, 4) is 0 Å². The molecule has 0 atom stereocenters. The first kappa shape index (κ1) is 10.7. The van der Waals surface area contributed by atoms with Crippen LogP contribution in [0, 0.1) is 0 Å². The minimum Gasteiger partial charge on any atom is -0.315 e. The van der Waals surface area contributed by atoms with Gasteiger partial charge in [0.15, 0.2) is 0 Å². The predicted octanol–water partition coefficient (Wildman–Crippen LogP) is 0.963. The molecule has 10 heavy (non-hydrogen) atoms. The zero-order chi connectivity index (χ0) is 7.82. The molecule has 0 unspecified atom stereocenters. The summed E-state index contributed by atoms with van der Waals surface area (Å²) in [7, 11) is 4.19. The van der Waals surface area contributed by atoms with Gasteiger partial charge in [-0.3, -0.25) is 0 Å². The van der Waals surface area contributed by atoms with E-state index in [0.717, 1.165) is 19.6 Å². The van der Waals surface area contributed by atoms with Gasteiger partial charge in [-0.2, -0.15) is 0 Å². The maximum Gasteiger partial charge on any atom is 0.0101 e. The third-order valence-corrected chi connectivity index (χ3v) is 1.99. The number of halogens is 1. The molecule has 0 aliphatic carbocycles. The molecule has 0 heterocycles. The van der Waals surface area contributed by atoms with E-state index in [1.807, 2.05) is 0 Å². The summed E-state index contributed by atoms with van der Waals surface area (Å²) in [6.45, 7) is 3.42. The van der Waals surface area contributed by atoms with E-state index in [2.05, 4.69) is 46.9 Å². The molecule has 62 valence electrons. The second kappa shape index (κ2) is 7.75. The lowest BCUT2D eigenvalue weighted by Crippen LogP contribution is -2.27. The zero-order valence-corrected chi connectivity index (χ0v) is 9.02. The molecule has 0 radical (unpaired) electrons. The topological polar surface area (TPSA) is 15.3 Å². The van der Waals surface area contributed by atoms with E-state index in [0.29, 0.717) is 0 Å². The van der Waals surface area contributed by atoms with Crippen LogP contribution in [0.15, 0.2) is 0 Å². The number of alkyl halides is 1. The highest BCUT2D eigenvalue weighted by molar-refractivity contribution is 14.1. The Morgan fingerprint density at radius 2 is 2.00 bits per heavy atom. The first-order chi connectivity index (χ1) is 4.77. The summed E-state index contributed by atoms with van der Waals surface area (Å²) >= 11 is 2.40. The highest BCUT2D eigenvalue weighted by atomic mass is 127. The number of nitrogens with one attached hydrogen (secondary N) is 1. The molecule has 0 amide bonds. The fraction of sp³-hybridized carbons (Fsp3) is 1.00. The van der Waals surface area contributed by atoms with Crippen LogP contribution in [0.3, 0.4) is 0 Å². The number of likely N-dealkylation sites (N-methyl/N-ethyl adjacent to an activating group) is 1. The van der Waals surface area contributed by atoms with Crippen LogP contribution >= 0.6 is 22.6 Å². The SMILES string of the molecule is CN(C)CCNCCCI. The lowest BCUT2D eigenvalue weighted by atomic mass is 10.4. The van der Waals surface area contributed by atoms with Crippen molar-refractivity contribution in [1.82, 2.24) is 10.2 Å². The fourth-order valence-corrected chi connectivity index (χ4v) is 1.00. The summed E-state index contributed by atoms with van der Waals surface area (Å²) < 4.78 is 1.26. The molecule has 0 spiro atoms. The first-order valence-corrected chi connectivity index (χ1v) is 5.21. The summed E-state index contributed by atoms with van der Waals surface area (Å²) in [5, 5.41) is 3.37. The van der Waals surface area contributed by atoms with Crippen molar-refractivity contribution in [3.63, 3.8) is 0 Å². The van der Waals surface area contributed by atoms with Gasteiger partial charge in [-0.1, -0.05) is 22.6 Å². The third kappa shape index (κ3) is 8.65. The Balaban J connectivity index is 2.77. The van der Waals surface area contributed by atoms with E-state index in [-0.39, 0.29) is 0 Å². The molecule has 0 fully saturated rings. The van der Waals surface area contributed by atoms with E-state index in [9.17, 15) is 0 Å². The van der Waals surface area contributed by atoms with Crippen molar-refractivity contribution in [2.45, 2.75) is 6.42 Å². The van der Waals surface area contributed by atoms with Gasteiger partial charge in [0.05, 0.1) is 0 Å². The van der Waals surface area contributed by atoms with Crippen molar-refractivity contribution in [3.05, 3.63) is 0 Å². The molecule has 3 heteroatoms. The molecule has 0 rings (SSSR count). The number of nitrogens with zero attached hydrogens (tertiary/aromatic N) is 1. The van der Waals surface area contributed by atoms with Gasteiger partial charge in [-0.05, 0) is 27.1 Å². The van der Waals surface area contributed by atoms with Gasteiger partial charge in [0.1, 0.15) is 0 Å². The van der Waals surface area contributed by atoms with Gasteiger partial charge in [-0.15, -0.1) is 0 Å². The van der Waals surface area contributed by atoms with Crippen LogP contribution in [0.1, 0.15) is 6.42 Å². The number of hydrogen-bond acceptors (Lipinski definition) is 2. The largest absolute Gasteiger partial charge is 0.315 e. The molecule has 2 nitrogen and oxygen atoms in total. The molecule has 0 aromatic carbocycles. The Morgan fingerprint density at radius 1 is 1.30 bits per heavy atom. The van der Waals surface area contributed by atoms with E-state index in [1.165, 1.54) is 10.8 Å². The highest BCUT2D eigenvalue weighted by Gasteiger charge is 1.88. The number of hydrogen-bond donors (Lipinski definition) is 1. The second-order valence-electron chi connectivity index (χ2n) is 2.60. The van der Waals surface area contributed by atoms with E-state index in [1.54, 1.807) is 0 Å². The summed E-state index contributed by atoms with van der Waals surface area (Å²) in [5.74, 6) is 0. The van der Waals surface area contributed by atoms with Gasteiger partial charge in [0, 0.05) is 17.5 Å². The fourth-order valence-electron chi connectivity index (χ4n) is 0.619. The molecule has 0 aromatic rings. The van der Waals surface area contributed by atoms with Crippen LogP contribution in [-0.4, -0.2) is 43.1 Å². The smallest absolute Gasteiger partial charge is 0.0101 e. The van der Waals surface area contributed by atoms with E-state index < -0.39 is 0 Å². The van der Waals surface area contributed by atoms with Crippen LogP contribution < -0.4 is 5.32 Å². The minimum absolute atomic E-state index is 1.11. The van der Waals surface area contributed by atoms with Crippen LogP contribution in [0.25, 0.3) is 0 Å². The Hall–Kier alpha value is 0.650. The normalized spacial score (nSPS) is 10.8. The average Bonchev–Trinajstić information content (AvgIpc) is 1.87. The first-order valence-electron chi connectivity index (χ1n) is 3.69. The Morgan fingerprint density at radius 3 is 2.50 bits per heavy atom. The van der Waals surface area contributed by atoms with E-state index in [4.69, 9.17) is 0 Å². The van der Waals surface area contributed by atoms with Crippen molar-refractivity contribution >= 4 is 22.6 Å². The summed E-state index contributed by atoms with van der Waals surface area (Å²) in [4.78, 5) is 2.19. The molecule has 1 N–H and O–H groups in total. The van der Waals surface area contributed by atoms with Gasteiger partial charge in [-0.25, -0.2) is 0 Å². The Bertz CT molecular complexity index is 66.6. The number of rotatable bonds is 6. The average molecular weight is 256 g/mol. The maximum absolute atomic E-state index is 3.37. The zero-order valence-electron chi connectivity index (χ0n) is 6.86. The van der Waals surface area contributed by atoms with Crippen molar-refractivity contribution in [2.75, 3.05) is 38.2 Å². The second-order valence-corrected chi connectivity index (χ2v) is 3.67. The summed E-state index contributed by atoms with van der Waals surface area (Å²) in [5.41, 5.74) is 0.